The quantitative estimate of drug-likeness (QED) is 0.838. The maximum atomic E-state index is 12.7. The summed E-state index contributed by atoms with van der Waals surface area (Å²) < 4.78 is 18.3. The third-order valence-electron chi connectivity index (χ3n) is 4.50. The van der Waals surface area contributed by atoms with E-state index in [2.05, 4.69) is 26.1 Å². The van der Waals surface area contributed by atoms with Gasteiger partial charge in [-0.25, -0.2) is 0 Å². The Labute approximate surface area is 107 Å². The molecule has 5 unspecified atom stereocenters. The molecule has 0 bridgehead atoms. The smallest absolute Gasteiger partial charge is 0.0691 e. The Hall–Kier alpha value is 0.0700. The predicted octanol–water partition coefficient (Wildman–Crippen LogP) is 1.69. The standard InChI is InChI=1S/C13H25NO2S/c1-9-10(6-8-16-9)17(15)11-5-7-13(2,3)12(11)14-4/h9-12,14H,5-8H2,1-4H3. The second kappa shape index (κ2) is 4.98. The van der Waals surface area contributed by atoms with Gasteiger partial charge < -0.3 is 10.1 Å². The third kappa shape index (κ3) is 2.45. The highest BCUT2D eigenvalue weighted by atomic mass is 32.2. The van der Waals surface area contributed by atoms with Crippen LogP contribution in [0.5, 0.6) is 0 Å². The van der Waals surface area contributed by atoms with Crippen LogP contribution in [-0.4, -0.2) is 40.5 Å². The Morgan fingerprint density at radius 1 is 1.29 bits per heavy atom. The van der Waals surface area contributed by atoms with Gasteiger partial charge in [0.15, 0.2) is 0 Å². The molecule has 17 heavy (non-hydrogen) atoms. The van der Waals surface area contributed by atoms with Crippen LogP contribution in [0.25, 0.3) is 0 Å². The SMILES string of the molecule is CNC1C(S(=O)C2CCOC2C)CCC1(C)C. The molecule has 0 aromatic heterocycles. The van der Waals surface area contributed by atoms with Gasteiger partial charge in [0.2, 0.25) is 0 Å². The summed E-state index contributed by atoms with van der Waals surface area (Å²) in [5.74, 6) is 0. The monoisotopic (exact) mass is 259 g/mol. The summed E-state index contributed by atoms with van der Waals surface area (Å²) in [7, 11) is 1.23. The maximum Gasteiger partial charge on any atom is 0.0691 e. The molecule has 100 valence electrons. The van der Waals surface area contributed by atoms with E-state index in [1.165, 1.54) is 0 Å². The fourth-order valence-electron chi connectivity index (χ4n) is 3.41. The molecule has 1 saturated heterocycles. The summed E-state index contributed by atoms with van der Waals surface area (Å²) >= 11 is 0. The largest absolute Gasteiger partial charge is 0.377 e. The lowest BCUT2D eigenvalue weighted by Crippen LogP contribution is -2.46. The number of hydrogen-bond donors (Lipinski definition) is 1. The van der Waals surface area contributed by atoms with Crippen molar-refractivity contribution < 1.29 is 8.95 Å². The molecule has 5 atom stereocenters. The summed E-state index contributed by atoms with van der Waals surface area (Å²) in [6.07, 6.45) is 3.36. The average Bonchev–Trinajstić information content (AvgIpc) is 2.80. The molecule has 0 spiro atoms. The van der Waals surface area contributed by atoms with E-state index in [-0.39, 0.29) is 16.8 Å². The second-order valence-electron chi connectivity index (χ2n) is 6.06. The molecular formula is C13H25NO2S. The summed E-state index contributed by atoms with van der Waals surface area (Å²) in [6, 6.07) is 0.371. The Balaban J connectivity index is 2.09. The first-order valence-corrected chi connectivity index (χ1v) is 7.93. The van der Waals surface area contributed by atoms with Crippen molar-refractivity contribution in [3.05, 3.63) is 0 Å². The summed E-state index contributed by atoms with van der Waals surface area (Å²) in [6.45, 7) is 7.39. The molecule has 1 heterocycles. The van der Waals surface area contributed by atoms with Crippen molar-refractivity contribution in [2.24, 2.45) is 5.41 Å². The lowest BCUT2D eigenvalue weighted by molar-refractivity contribution is 0.126. The van der Waals surface area contributed by atoms with Crippen molar-refractivity contribution >= 4 is 10.8 Å². The van der Waals surface area contributed by atoms with Crippen LogP contribution >= 0.6 is 0 Å². The van der Waals surface area contributed by atoms with E-state index in [0.717, 1.165) is 25.9 Å². The predicted molar refractivity (Wildman–Crippen MR) is 71.6 cm³/mol. The molecule has 1 N–H and O–H groups in total. The zero-order valence-electron chi connectivity index (χ0n) is 11.4. The molecule has 3 nitrogen and oxygen atoms in total. The molecule has 1 aliphatic heterocycles. The van der Waals surface area contributed by atoms with Crippen molar-refractivity contribution in [1.29, 1.82) is 0 Å². The van der Waals surface area contributed by atoms with E-state index in [1.54, 1.807) is 0 Å². The molecular weight excluding hydrogens is 234 g/mol. The summed E-state index contributed by atoms with van der Waals surface area (Å²) in [5.41, 5.74) is 0.262. The Morgan fingerprint density at radius 3 is 2.53 bits per heavy atom. The van der Waals surface area contributed by atoms with Gasteiger partial charge >= 0.3 is 0 Å². The highest BCUT2D eigenvalue weighted by molar-refractivity contribution is 7.86. The van der Waals surface area contributed by atoms with Crippen molar-refractivity contribution in [2.75, 3.05) is 13.7 Å². The molecule has 4 heteroatoms. The Bertz CT molecular complexity index is 306. The first kappa shape index (κ1) is 13.5. The van der Waals surface area contributed by atoms with Crippen LogP contribution in [0.3, 0.4) is 0 Å². The number of rotatable bonds is 3. The summed E-state index contributed by atoms with van der Waals surface area (Å²) in [5, 5.41) is 3.93. The van der Waals surface area contributed by atoms with Gasteiger partial charge in [0.25, 0.3) is 0 Å². The Kier molecular flexibility index (Phi) is 3.96. The van der Waals surface area contributed by atoms with Crippen LogP contribution in [0, 0.1) is 5.41 Å². The fraction of sp³-hybridized carbons (Fsp3) is 1.00. The van der Waals surface area contributed by atoms with Gasteiger partial charge in [0, 0.05) is 23.4 Å². The molecule has 0 aromatic rings. The van der Waals surface area contributed by atoms with Gasteiger partial charge in [-0.2, -0.15) is 0 Å². The minimum Gasteiger partial charge on any atom is -0.377 e. The van der Waals surface area contributed by atoms with E-state index in [9.17, 15) is 4.21 Å². The lowest BCUT2D eigenvalue weighted by Gasteiger charge is -2.31. The minimum atomic E-state index is -0.765. The highest BCUT2D eigenvalue weighted by Gasteiger charge is 2.46. The van der Waals surface area contributed by atoms with Crippen molar-refractivity contribution in [1.82, 2.24) is 5.32 Å². The van der Waals surface area contributed by atoms with Gasteiger partial charge in [0.1, 0.15) is 0 Å². The van der Waals surface area contributed by atoms with Gasteiger partial charge in [0.05, 0.1) is 16.6 Å². The molecule has 1 aliphatic carbocycles. The van der Waals surface area contributed by atoms with E-state index < -0.39 is 10.8 Å². The van der Waals surface area contributed by atoms with Crippen LogP contribution < -0.4 is 5.32 Å². The molecule has 2 fully saturated rings. The average molecular weight is 259 g/mol. The van der Waals surface area contributed by atoms with Gasteiger partial charge in [-0.05, 0) is 38.6 Å². The topological polar surface area (TPSA) is 38.3 Å². The van der Waals surface area contributed by atoms with Gasteiger partial charge in [-0.15, -0.1) is 0 Å². The fourth-order valence-corrected chi connectivity index (χ4v) is 5.77. The molecule has 0 radical (unpaired) electrons. The van der Waals surface area contributed by atoms with Crippen LogP contribution in [-0.2, 0) is 15.5 Å². The molecule has 0 amide bonds. The van der Waals surface area contributed by atoms with Crippen LogP contribution in [0.4, 0.5) is 0 Å². The van der Waals surface area contributed by atoms with Crippen LogP contribution in [0.1, 0.15) is 40.0 Å². The normalized spacial score (nSPS) is 42.8. The Morgan fingerprint density at radius 2 is 2.00 bits per heavy atom. The van der Waals surface area contributed by atoms with Crippen molar-refractivity contribution in [2.45, 2.75) is 62.7 Å². The van der Waals surface area contributed by atoms with Gasteiger partial charge in [-0.3, -0.25) is 4.21 Å². The van der Waals surface area contributed by atoms with Crippen LogP contribution in [0.15, 0.2) is 0 Å². The number of hydrogen-bond acceptors (Lipinski definition) is 3. The minimum absolute atomic E-state index is 0.164. The second-order valence-corrected chi connectivity index (χ2v) is 7.93. The van der Waals surface area contributed by atoms with E-state index in [1.807, 2.05) is 7.05 Å². The molecule has 1 saturated carbocycles. The number of ether oxygens (including phenoxy) is 1. The van der Waals surface area contributed by atoms with E-state index >= 15 is 0 Å². The van der Waals surface area contributed by atoms with Crippen molar-refractivity contribution in [3.63, 3.8) is 0 Å². The molecule has 2 aliphatic rings. The van der Waals surface area contributed by atoms with E-state index in [4.69, 9.17) is 4.74 Å². The van der Waals surface area contributed by atoms with Crippen LogP contribution in [0.2, 0.25) is 0 Å². The highest BCUT2D eigenvalue weighted by Crippen LogP contribution is 2.41. The lowest BCUT2D eigenvalue weighted by atomic mass is 9.87. The third-order valence-corrected chi connectivity index (χ3v) is 6.82. The van der Waals surface area contributed by atoms with Gasteiger partial charge in [-0.1, -0.05) is 13.8 Å². The zero-order valence-corrected chi connectivity index (χ0v) is 12.2. The first-order valence-electron chi connectivity index (χ1n) is 6.65. The summed E-state index contributed by atoms with van der Waals surface area (Å²) in [4.78, 5) is 0. The van der Waals surface area contributed by atoms with Crippen molar-refractivity contribution in [3.8, 4) is 0 Å². The zero-order chi connectivity index (χ0) is 12.6. The first-order chi connectivity index (χ1) is 7.97. The maximum absolute atomic E-state index is 12.7. The molecule has 0 aromatic carbocycles. The van der Waals surface area contributed by atoms with E-state index in [0.29, 0.717) is 11.3 Å². The molecule has 2 rings (SSSR count). The number of nitrogens with one attached hydrogen (secondary N) is 1.